The molecule has 1 aromatic carbocycles. The lowest BCUT2D eigenvalue weighted by molar-refractivity contribution is -0.161. The average molecular weight is 404 g/mol. The number of esters is 1. The predicted molar refractivity (Wildman–Crippen MR) is 105 cm³/mol. The molecule has 2 amide bonds. The van der Waals surface area contributed by atoms with Crippen LogP contribution in [0.2, 0.25) is 0 Å². The average Bonchev–Trinajstić information content (AvgIpc) is 3.09. The van der Waals surface area contributed by atoms with Crippen LogP contribution >= 0.6 is 11.3 Å². The normalized spacial score (nSPS) is 15.8. The number of hydrogen-bond acceptors (Lipinski definition) is 7. The molecule has 1 aliphatic carbocycles. The number of amides is 2. The monoisotopic (exact) mass is 404 g/mol. The van der Waals surface area contributed by atoms with Gasteiger partial charge in [0, 0.05) is 6.42 Å². The molecule has 1 aromatic heterocycles. The summed E-state index contributed by atoms with van der Waals surface area (Å²) < 4.78 is 11.0. The van der Waals surface area contributed by atoms with Crippen molar-refractivity contribution in [1.82, 2.24) is 10.3 Å². The van der Waals surface area contributed by atoms with E-state index in [0.717, 1.165) is 34.5 Å². The van der Waals surface area contributed by atoms with Crippen molar-refractivity contribution in [3.8, 4) is 0 Å². The highest BCUT2D eigenvalue weighted by molar-refractivity contribution is 7.18. The number of nitrogens with one attached hydrogen (secondary N) is 1. The molecule has 150 valence electrons. The highest BCUT2D eigenvalue weighted by Crippen LogP contribution is 2.41. The van der Waals surface area contributed by atoms with Crippen molar-refractivity contribution in [2.75, 3.05) is 13.2 Å². The van der Waals surface area contributed by atoms with E-state index in [4.69, 9.17) is 4.74 Å². The molecule has 0 saturated heterocycles. The van der Waals surface area contributed by atoms with E-state index in [1.54, 1.807) is 18.3 Å². The van der Waals surface area contributed by atoms with Crippen LogP contribution in [0.3, 0.4) is 0 Å². The Labute approximate surface area is 167 Å². The fourth-order valence-corrected chi connectivity index (χ4v) is 4.68. The van der Waals surface area contributed by atoms with Gasteiger partial charge in [-0.25, -0.2) is 9.78 Å². The summed E-state index contributed by atoms with van der Waals surface area (Å²) in [4.78, 5) is 40.7. The highest BCUT2D eigenvalue weighted by atomic mass is 32.1. The number of nitrogens with zero attached hydrogens (tertiary/aromatic N) is 1. The molecule has 3 rings (SSSR count). The summed E-state index contributed by atoms with van der Waals surface area (Å²) in [6, 6.07) is 7.89. The van der Waals surface area contributed by atoms with Crippen molar-refractivity contribution in [3.05, 3.63) is 29.3 Å². The Hall–Kier alpha value is -2.48. The molecule has 0 unspecified atom stereocenters. The number of rotatable bonds is 6. The molecule has 8 heteroatoms. The molecule has 0 spiro atoms. The molecule has 1 N–H and O–H groups in total. The zero-order valence-electron chi connectivity index (χ0n) is 15.9. The second-order valence-corrected chi connectivity index (χ2v) is 8.05. The van der Waals surface area contributed by atoms with Gasteiger partial charge in [0.1, 0.15) is 0 Å². The van der Waals surface area contributed by atoms with Crippen molar-refractivity contribution in [2.24, 2.45) is 5.41 Å². The topological polar surface area (TPSA) is 94.6 Å². The lowest BCUT2D eigenvalue weighted by Gasteiger charge is -2.34. The predicted octanol–water partition coefficient (Wildman–Crippen LogP) is 3.61. The second kappa shape index (κ2) is 9.14. The fraction of sp³-hybridized carbons (Fsp3) is 0.500. The number of thiazole rings is 1. The molecule has 1 saturated carbocycles. The molecule has 0 atom stereocenters. The van der Waals surface area contributed by atoms with Crippen molar-refractivity contribution in [3.63, 3.8) is 0 Å². The van der Waals surface area contributed by atoms with Crippen LogP contribution in [0.4, 0.5) is 4.79 Å². The van der Waals surface area contributed by atoms with Crippen LogP contribution in [0.5, 0.6) is 0 Å². The molecule has 1 aliphatic rings. The number of aromatic nitrogens is 1. The Kier molecular flexibility index (Phi) is 6.61. The van der Waals surface area contributed by atoms with E-state index >= 15 is 0 Å². The van der Waals surface area contributed by atoms with Gasteiger partial charge in [-0.05, 0) is 31.9 Å². The summed E-state index contributed by atoms with van der Waals surface area (Å²) >= 11 is 1.59. The van der Waals surface area contributed by atoms with Crippen LogP contribution in [0, 0.1) is 5.41 Å². The maximum atomic E-state index is 12.9. The van der Waals surface area contributed by atoms with Crippen molar-refractivity contribution >= 4 is 39.5 Å². The Morgan fingerprint density at radius 2 is 1.89 bits per heavy atom. The Bertz CT molecular complexity index is 824. The van der Waals surface area contributed by atoms with Crippen LogP contribution in [0.15, 0.2) is 24.3 Å². The van der Waals surface area contributed by atoms with Crippen molar-refractivity contribution < 1.29 is 23.9 Å². The summed E-state index contributed by atoms with van der Waals surface area (Å²) in [5.41, 5.74) is 0.256. The van der Waals surface area contributed by atoms with E-state index in [1.165, 1.54) is 0 Å². The number of ether oxygens (including phenoxy) is 2. The Balaban J connectivity index is 1.67. The van der Waals surface area contributed by atoms with Gasteiger partial charge in [-0.2, -0.15) is 0 Å². The van der Waals surface area contributed by atoms with E-state index in [0.29, 0.717) is 19.3 Å². The number of carbonyl (C=O) groups excluding carboxylic acids is 3. The van der Waals surface area contributed by atoms with Gasteiger partial charge in [0.25, 0.3) is 5.91 Å². The SMILES string of the molecule is CCOC(=O)NC(=O)COC(=O)C1(Cc2nc3ccccc3s2)CCCCC1. The zero-order valence-corrected chi connectivity index (χ0v) is 16.7. The summed E-state index contributed by atoms with van der Waals surface area (Å²) in [5.74, 6) is -1.09. The quantitative estimate of drug-likeness (QED) is 0.739. The summed E-state index contributed by atoms with van der Waals surface area (Å²) in [7, 11) is 0. The van der Waals surface area contributed by atoms with Gasteiger partial charge in [-0.3, -0.25) is 14.9 Å². The zero-order chi connectivity index (χ0) is 20.0. The van der Waals surface area contributed by atoms with Crippen LogP contribution in [0.1, 0.15) is 44.0 Å². The van der Waals surface area contributed by atoms with Crippen LogP contribution in [-0.4, -0.2) is 36.2 Å². The molecule has 1 fully saturated rings. The highest BCUT2D eigenvalue weighted by Gasteiger charge is 2.42. The Morgan fingerprint density at radius 1 is 1.14 bits per heavy atom. The van der Waals surface area contributed by atoms with Gasteiger partial charge >= 0.3 is 12.1 Å². The maximum Gasteiger partial charge on any atom is 0.413 e. The van der Waals surface area contributed by atoms with E-state index in [9.17, 15) is 14.4 Å². The molecule has 0 aliphatic heterocycles. The maximum absolute atomic E-state index is 12.9. The standard InChI is InChI=1S/C20H24N2O5S/c1-2-26-19(25)22-16(23)13-27-18(24)20(10-6-3-7-11-20)12-17-21-14-8-4-5-9-15(14)28-17/h4-5,8-9H,2-3,6-7,10-13H2,1H3,(H,22,23,25). The van der Waals surface area contributed by atoms with E-state index in [2.05, 4.69) is 9.72 Å². The fourth-order valence-electron chi connectivity index (χ4n) is 3.57. The minimum atomic E-state index is -0.842. The third-order valence-corrected chi connectivity index (χ3v) is 5.96. The number of carbonyl (C=O) groups is 3. The Morgan fingerprint density at radius 3 is 2.61 bits per heavy atom. The van der Waals surface area contributed by atoms with Crippen LogP contribution < -0.4 is 5.32 Å². The molecule has 2 aromatic rings. The smallest absolute Gasteiger partial charge is 0.413 e. The van der Waals surface area contributed by atoms with Gasteiger partial charge < -0.3 is 9.47 Å². The van der Waals surface area contributed by atoms with Gasteiger partial charge in [-0.15, -0.1) is 11.3 Å². The summed E-state index contributed by atoms with van der Waals surface area (Å²) in [6.45, 7) is 1.29. The van der Waals surface area contributed by atoms with Gasteiger partial charge in [-0.1, -0.05) is 31.4 Å². The van der Waals surface area contributed by atoms with Gasteiger partial charge in [0.15, 0.2) is 6.61 Å². The van der Waals surface area contributed by atoms with E-state index in [-0.39, 0.29) is 6.61 Å². The third kappa shape index (κ3) is 4.86. The van der Waals surface area contributed by atoms with Crippen molar-refractivity contribution in [2.45, 2.75) is 45.4 Å². The number of alkyl carbamates (subject to hydrolysis) is 1. The molecular weight excluding hydrogens is 380 g/mol. The summed E-state index contributed by atoms with van der Waals surface area (Å²) in [6.07, 6.45) is 4.04. The molecule has 7 nitrogen and oxygen atoms in total. The third-order valence-electron chi connectivity index (χ3n) is 4.92. The number of fused-ring (bicyclic) bond motifs is 1. The van der Waals surface area contributed by atoms with Crippen LogP contribution in [-0.2, 0) is 25.5 Å². The molecule has 0 radical (unpaired) electrons. The first kappa shape index (κ1) is 20.3. The van der Waals surface area contributed by atoms with Crippen LogP contribution in [0.25, 0.3) is 10.2 Å². The lowest BCUT2D eigenvalue weighted by Crippen LogP contribution is -2.40. The molecule has 0 bridgehead atoms. The molecule has 28 heavy (non-hydrogen) atoms. The molecule has 1 heterocycles. The number of para-hydroxylation sites is 1. The van der Waals surface area contributed by atoms with Gasteiger partial charge in [0.2, 0.25) is 0 Å². The first-order valence-electron chi connectivity index (χ1n) is 9.51. The largest absolute Gasteiger partial charge is 0.455 e. The van der Waals surface area contributed by atoms with E-state index < -0.39 is 30.0 Å². The lowest BCUT2D eigenvalue weighted by atomic mass is 9.72. The summed E-state index contributed by atoms with van der Waals surface area (Å²) in [5, 5.41) is 2.93. The first-order chi connectivity index (χ1) is 13.5. The van der Waals surface area contributed by atoms with E-state index in [1.807, 2.05) is 29.6 Å². The number of imide groups is 1. The second-order valence-electron chi connectivity index (χ2n) is 6.94. The van der Waals surface area contributed by atoms with Gasteiger partial charge in [0.05, 0.1) is 27.2 Å². The minimum absolute atomic E-state index is 0.157. The first-order valence-corrected chi connectivity index (χ1v) is 10.3. The van der Waals surface area contributed by atoms with Crippen molar-refractivity contribution in [1.29, 1.82) is 0 Å². The molecular formula is C20H24N2O5S. The minimum Gasteiger partial charge on any atom is -0.455 e. The number of benzene rings is 1. The number of hydrogen-bond donors (Lipinski definition) is 1.